The van der Waals surface area contributed by atoms with Gasteiger partial charge in [-0.2, -0.15) is 0 Å². The van der Waals surface area contributed by atoms with Crippen molar-refractivity contribution in [2.24, 2.45) is 0 Å². The van der Waals surface area contributed by atoms with Crippen LogP contribution in [-0.4, -0.2) is 86.1 Å². The molecule has 61 heavy (non-hydrogen) atoms. The zero-order valence-corrected chi connectivity index (χ0v) is 40.6. The Morgan fingerprint density at radius 2 is 1.02 bits per heavy atom. The Kier molecular flexibility index (Phi) is 40.5. The quantitative estimate of drug-likeness (QED) is 0.0202. The van der Waals surface area contributed by atoms with Gasteiger partial charge in [-0.15, -0.1) is 0 Å². The first kappa shape index (κ1) is 58.9. The standard InChI is InChI=1S/C50H92NO9P/c1-6-8-9-10-11-12-13-14-15-16-17-18-19-24-27-30-33-36-39-42-50(54)60-48(46-59-61(55,56)58-44-43-51(3,4)5)45-57-49(53)41-38-35-32-29-26-23-21-20-22-25-28-31-34-37-40-47(52)7-2/h21-23,25,29,31-32,34,47-48,52H,6-20,24,26-28,30,33,35-46H2,1-5H3/p+1/b23-21-,25-22-,32-29-,34-31-/t47-,48+/m0/s1. The Bertz CT molecular complexity index is 1200. The highest BCUT2D eigenvalue weighted by Crippen LogP contribution is 2.43. The fraction of sp³-hybridized carbons (Fsp3) is 0.800. The van der Waals surface area contributed by atoms with E-state index in [9.17, 15) is 24.2 Å². The van der Waals surface area contributed by atoms with Gasteiger partial charge in [0.2, 0.25) is 0 Å². The summed E-state index contributed by atoms with van der Waals surface area (Å²) in [5.74, 6) is -0.877. The normalized spacial score (nSPS) is 14.4. The molecule has 0 aromatic rings. The molecule has 0 rings (SSSR count). The molecule has 1 unspecified atom stereocenters. The van der Waals surface area contributed by atoms with Gasteiger partial charge in [0.1, 0.15) is 19.8 Å². The van der Waals surface area contributed by atoms with E-state index in [2.05, 4.69) is 49.5 Å². The fourth-order valence-corrected chi connectivity index (χ4v) is 7.26. The van der Waals surface area contributed by atoms with Crippen LogP contribution in [0.2, 0.25) is 0 Å². The van der Waals surface area contributed by atoms with Gasteiger partial charge in [0, 0.05) is 12.8 Å². The van der Waals surface area contributed by atoms with Crippen molar-refractivity contribution in [2.45, 2.75) is 212 Å². The topological polar surface area (TPSA) is 129 Å². The second-order valence-electron chi connectivity index (χ2n) is 17.6. The van der Waals surface area contributed by atoms with Crippen LogP contribution >= 0.6 is 7.82 Å². The van der Waals surface area contributed by atoms with Gasteiger partial charge >= 0.3 is 19.8 Å². The number of quaternary nitrogens is 1. The summed E-state index contributed by atoms with van der Waals surface area (Å²) >= 11 is 0. The van der Waals surface area contributed by atoms with Crippen molar-refractivity contribution in [3.8, 4) is 0 Å². The molecule has 0 fully saturated rings. The molecule has 356 valence electrons. The number of phosphoric acid groups is 1. The Labute approximate surface area is 374 Å². The maximum atomic E-state index is 12.7. The molecule has 0 aromatic heterocycles. The van der Waals surface area contributed by atoms with E-state index in [-0.39, 0.29) is 32.2 Å². The number of unbranched alkanes of at least 4 members (excludes halogenated alkanes) is 19. The molecule has 0 aliphatic carbocycles. The van der Waals surface area contributed by atoms with Crippen molar-refractivity contribution >= 4 is 19.8 Å². The largest absolute Gasteiger partial charge is 0.472 e. The van der Waals surface area contributed by atoms with Gasteiger partial charge in [0.05, 0.1) is 33.9 Å². The maximum Gasteiger partial charge on any atom is 0.472 e. The molecule has 0 aromatic carbocycles. The third-order valence-corrected chi connectivity index (χ3v) is 11.5. The van der Waals surface area contributed by atoms with Crippen molar-refractivity contribution in [3.63, 3.8) is 0 Å². The smallest absolute Gasteiger partial charge is 0.462 e. The number of aliphatic hydroxyl groups is 1. The van der Waals surface area contributed by atoms with E-state index in [0.29, 0.717) is 23.9 Å². The van der Waals surface area contributed by atoms with Crippen LogP contribution in [0, 0.1) is 0 Å². The molecule has 0 spiro atoms. The number of nitrogens with zero attached hydrogens (tertiary/aromatic N) is 1. The lowest BCUT2D eigenvalue weighted by atomic mass is 10.0. The third kappa shape index (κ3) is 45.8. The lowest BCUT2D eigenvalue weighted by molar-refractivity contribution is -0.870. The van der Waals surface area contributed by atoms with Crippen LogP contribution in [0.4, 0.5) is 0 Å². The number of ether oxygens (including phenoxy) is 2. The third-order valence-electron chi connectivity index (χ3n) is 10.5. The Morgan fingerprint density at radius 1 is 0.574 bits per heavy atom. The Balaban J connectivity index is 4.37. The second-order valence-corrected chi connectivity index (χ2v) is 19.1. The highest BCUT2D eigenvalue weighted by molar-refractivity contribution is 7.47. The molecule has 11 heteroatoms. The lowest BCUT2D eigenvalue weighted by Crippen LogP contribution is -2.37. The maximum absolute atomic E-state index is 12.7. The molecule has 0 radical (unpaired) electrons. The summed E-state index contributed by atoms with van der Waals surface area (Å²) < 4.78 is 34.3. The van der Waals surface area contributed by atoms with Gasteiger partial charge in [-0.25, -0.2) is 4.57 Å². The number of phosphoric ester groups is 1. The summed E-state index contributed by atoms with van der Waals surface area (Å²) in [6, 6.07) is 0. The van der Waals surface area contributed by atoms with Crippen LogP contribution in [0.1, 0.15) is 200 Å². The predicted octanol–water partition coefficient (Wildman–Crippen LogP) is 13.2. The molecule has 3 atom stereocenters. The first-order chi connectivity index (χ1) is 29.4. The van der Waals surface area contributed by atoms with Crippen LogP contribution in [0.3, 0.4) is 0 Å². The molecular weight excluding hydrogens is 790 g/mol. The van der Waals surface area contributed by atoms with E-state index >= 15 is 0 Å². The Hall–Kier alpha value is -2.07. The summed E-state index contributed by atoms with van der Waals surface area (Å²) in [5, 5.41) is 9.58. The van der Waals surface area contributed by atoms with Crippen molar-refractivity contribution < 1.29 is 47.2 Å². The number of rotatable bonds is 44. The number of likely N-dealkylation sites (N-methyl/N-ethyl adjacent to an activating group) is 1. The van der Waals surface area contributed by atoms with E-state index in [1.165, 1.54) is 96.3 Å². The molecule has 10 nitrogen and oxygen atoms in total. The fourth-order valence-electron chi connectivity index (χ4n) is 6.52. The van der Waals surface area contributed by atoms with E-state index in [1.807, 2.05) is 34.1 Å². The second kappa shape index (κ2) is 41.9. The highest BCUT2D eigenvalue weighted by atomic mass is 31.2. The minimum Gasteiger partial charge on any atom is -0.462 e. The number of carbonyl (C=O) groups is 2. The molecule has 0 aliphatic rings. The molecule has 0 saturated heterocycles. The van der Waals surface area contributed by atoms with Crippen LogP contribution < -0.4 is 0 Å². The van der Waals surface area contributed by atoms with Gasteiger partial charge in [0.15, 0.2) is 6.10 Å². The molecule has 0 aliphatic heterocycles. The van der Waals surface area contributed by atoms with Gasteiger partial charge in [-0.3, -0.25) is 18.6 Å². The highest BCUT2D eigenvalue weighted by Gasteiger charge is 2.27. The number of hydrogen-bond acceptors (Lipinski definition) is 8. The van der Waals surface area contributed by atoms with Crippen LogP contribution in [-0.2, 0) is 32.7 Å². The molecule has 0 saturated carbocycles. The summed E-state index contributed by atoms with van der Waals surface area (Å²) in [7, 11) is 1.43. The van der Waals surface area contributed by atoms with E-state index in [0.717, 1.165) is 64.2 Å². The van der Waals surface area contributed by atoms with E-state index < -0.39 is 32.5 Å². The first-order valence-electron chi connectivity index (χ1n) is 24.4. The number of aliphatic hydroxyl groups excluding tert-OH is 1. The van der Waals surface area contributed by atoms with Crippen molar-refractivity contribution in [1.29, 1.82) is 0 Å². The predicted molar refractivity (Wildman–Crippen MR) is 253 cm³/mol. The Morgan fingerprint density at radius 3 is 1.49 bits per heavy atom. The SMILES string of the molecule is CCCCCCCCCCCCCCCCCCCCCC(=O)O[C@H](COC(=O)CCC/C=C\C/C=C\C/C=C\C/C=C\CC[C@@H](O)CC)COP(=O)(O)OCC[N+](C)(C)C. The number of hydrogen-bond donors (Lipinski definition) is 2. The minimum atomic E-state index is -4.40. The minimum absolute atomic E-state index is 0.0174. The zero-order valence-electron chi connectivity index (χ0n) is 39.8. The summed E-state index contributed by atoms with van der Waals surface area (Å²) in [6.45, 7) is 4.09. The average Bonchev–Trinajstić information content (AvgIpc) is 3.21. The molecular formula is C50H93NO9P+. The zero-order chi connectivity index (χ0) is 45.1. The van der Waals surface area contributed by atoms with Crippen molar-refractivity contribution in [2.75, 3.05) is 47.5 Å². The monoisotopic (exact) mass is 883 g/mol. The number of allylic oxidation sites excluding steroid dienone is 8. The van der Waals surface area contributed by atoms with Crippen LogP contribution in [0.5, 0.6) is 0 Å². The van der Waals surface area contributed by atoms with E-state index in [4.69, 9.17) is 18.5 Å². The van der Waals surface area contributed by atoms with Gasteiger partial charge in [-0.1, -0.05) is 178 Å². The number of carbonyl (C=O) groups excluding carboxylic acids is 2. The average molecular weight is 883 g/mol. The first-order valence-corrected chi connectivity index (χ1v) is 25.9. The van der Waals surface area contributed by atoms with Crippen molar-refractivity contribution in [3.05, 3.63) is 48.6 Å². The lowest BCUT2D eigenvalue weighted by Gasteiger charge is -2.24. The van der Waals surface area contributed by atoms with E-state index in [1.54, 1.807) is 0 Å². The molecule has 0 bridgehead atoms. The van der Waals surface area contributed by atoms with Gasteiger partial charge < -0.3 is 24.0 Å². The van der Waals surface area contributed by atoms with Gasteiger partial charge in [-0.05, 0) is 57.8 Å². The van der Waals surface area contributed by atoms with Crippen LogP contribution in [0.15, 0.2) is 48.6 Å². The molecule has 0 amide bonds. The number of esters is 2. The molecule has 0 heterocycles. The van der Waals surface area contributed by atoms with Crippen LogP contribution in [0.25, 0.3) is 0 Å². The summed E-state index contributed by atoms with van der Waals surface area (Å²) in [5.41, 5.74) is 0. The summed E-state index contributed by atoms with van der Waals surface area (Å²) in [6.07, 6.45) is 46.8. The van der Waals surface area contributed by atoms with Gasteiger partial charge in [0.25, 0.3) is 0 Å². The van der Waals surface area contributed by atoms with Crippen molar-refractivity contribution in [1.82, 2.24) is 0 Å². The molecule has 2 N–H and O–H groups in total. The summed E-state index contributed by atoms with van der Waals surface area (Å²) in [4.78, 5) is 35.5.